The molecule has 0 radical (unpaired) electrons. The van der Waals surface area contributed by atoms with Crippen molar-refractivity contribution in [3.05, 3.63) is 24.0 Å². The minimum atomic E-state index is -0.984. The van der Waals surface area contributed by atoms with E-state index in [1.165, 1.54) is 7.05 Å². The van der Waals surface area contributed by atoms with E-state index in [0.717, 1.165) is 4.90 Å². The molecule has 1 aromatic heterocycles. The number of rotatable bonds is 5. The van der Waals surface area contributed by atoms with Crippen molar-refractivity contribution in [3.63, 3.8) is 0 Å². The number of nitrogens with one attached hydrogen (secondary N) is 2. The van der Waals surface area contributed by atoms with Crippen LogP contribution >= 0.6 is 0 Å². The van der Waals surface area contributed by atoms with Gasteiger partial charge in [0.2, 0.25) is 5.91 Å². The van der Waals surface area contributed by atoms with Gasteiger partial charge in [-0.1, -0.05) is 13.8 Å². The Kier molecular flexibility index (Phi) is 5.44. The number of H-pyrrole nitrogens is 1. The number of carbonyl (C=O) groups is 4. The molecule has 0 atom stereocenters. The first-order chi connectivity index (χ1) is 13.3. The molecule has 3 rings (SSSR count). The second kappa shape index (κ2) is 7.65. The molecule has 0 saturated carbocycles. The van der Waals surface area contributed by atoms with Crippen LogP contribution in [-0.4, -0.2) is 82.2 Å². The summed E-state index contributed by atoms with van der Waals surface area (Å²) in [4.78, 5) is 57.8. The van der Waals surface area contributed by atoms with Gasteiger partial charge in [0.1, 0.15) is 17.8 Å². The van der Waals surface area contributed by atoms with Crippen LogP contribution in [-0.2, 0) is 9.59 Å². The number of urea groups is 1. The zero-order valence-electron chi connectivity index (χ0n) is 16.5. The lowest BCUT2D eigenvalue weighted by Gasteiger charge is -2.42. The van der Waals surface area contributed by atoms with Crippen LogP contribution in [0.5, 0.6) is 0 Å². The monoisotopic (exact) mass is 389 g/mol. The van der Waals surface area contributed by atoms with Crippen LogP contribution in [0.15, 0.2) is 18.3 Å². The standard InChI is InChI=1S/C19H27N5O4/c1-13(2)11-24-18(28)23(12-15(25)20-3)17(27)19(24)6-9-22(10-7-19)16(26)14-5-4-8-21-14/h4-5,8,13,21H,6-7,9-12H2,1-3H3,(H,20,25). The van der Waals surface area contributed by atoms with E-state index in [0.29, 0.717) is 38.2 Å². The first kappa shape index (κ1) is 19.9. The Hall–Kier alpha value is -2.84. The van der Waals surface area contributed by atoms with Crippen LogP contribution in [0.1, 0.15) is 37.2 Å². The van der Waals surface area contributed by atoms with Crippen molar-refractivity contribution in [1.29, 1.82) is 0 Å². The molecule has 2 saturated heterocycles. The summed E-state index contributed by atoms with van der Waals surface area (Å²) < 4.78 is 0. The minimum absolute atomic E-state index is 0.116. The van der Waals surface area contributed by atoms with Crippen molar-refractivity contribution in [2.75, 3.05) is 33.2 Å². The summed E-state index contributed by atoms with van der Waals surface area (Å²) in [7, 11) is 1.47. The predicted molar refractivity (Wildman–Crippen MR) is 101 cm³/mol. The summed E-state index contributed by atoms with van der Waals surface area (Å²) in [6.07, 6.45) is 2.42. The van der Waals surface area contributed by atoms with Gasteiger partial charge in [-0.05, 0) is 30.9 Å². The third kappa shape index (κ3) is 3.36. The van der Waals surface area contributed by atoms with E-state index in [4.69, 9.17) is 0 Å². The molecule has 0 aromatic carbocycles. The number of likely N-dealkylation sites (tertiary alicyclic amines) is 1. The van der Waals surface area contributed by atoms with E-state index in [1.54, 1.807) is 28.1 Å². The Morgan fingerprint density at radius 1 is 1.25 bits per heavy atom. The van der Waals surface area contributed by atoms with E-state index < -0.39 is 11.6 Å². The number of carbonyl (C=O) groups excluding carboxylic acids is 4. The predicted octanol–water partition coefficient (Wildman–Crippen LogP) is 0.656. The number of imide groups is 1. The van der Waals surface area contributed by atoms with Gasteiger partial charge in [-0.2, -0.15) is 0 Å². The summed E-state index contributed by atoms with van der Waals surface area (Å²) in [6, 6.07) is 3.05. The van der Waals surface area contributed by atoms with Crippen LogP contribution < -0.4 is 5.32 Å². The maximum absolute atomic E-state index is 13.2. The molecule has 2 fully saturated rings. The molecular formula is C19H27N5O4. The van der Waals surface area contributed by atoms with E-state index in [9.17, 15) is 19.2 Å². The number of aromatic nitrogens is 1. The molecule has 28 heavy (non-hydrogen) atoms. The van der Waals surface area contributed by atoms with Crippen molar-refractivity contribution < 1.29 is 19.2 Å². The summed E-state index contributed by atoms with van der Waals surface area (Å²) in [5.41, 5.74) is -0.480. The van der Waals surface area contributed by atoms with Crippen molar-refractivity contribution in [3.8, 4) is 0 Å². The quantitative estimate of drug-likeness (QED) is 0.722. The highest BCUT2D eigenvalue weighted by molar-refractivity contribution is 6.09. The summed E-state index contributed by atoms with van der Waals surface area (Å²) in [6.45, 7) is 4.86. The van der Waals surface area contributed by atoms with Crippen LogP contribution in [0.3, 0.4) is 0 Å². The molecular weight excluding hydrogens is 362 g/mol. The Morgan fingerprint density at radius 2 is 1.93 bits per heavy atom. The van der Waals surface area contributed by atoms with Crippen molar-refractivity contribution in [2.45, 2.75) is 32.2 Å². The molecule has 9 nitrogen and oxygen atoms in total. The maximum Gasteiger partial charge on any atom is 0.328 e. The van der Waals surface area contributed by atoms with Crippen LogP contribution in [0.25, 0.3) is 0 Å². The average molecular weight is 389 g/mol. The fourth-order valence-electron chi connectivity index (χ4n) is 3.96. The number of hydrogen-bond acceptors (Lipinski definition) is 4. The summed E-state index contributed by atoms with van der Waals surface area (Å²) in [5, 5.41) is 2.46. The molecule has 2 aliphatic heterocycles. The number of likely N-dealkylation sites (N-methyl/N-ethyl adjacent to an activating group) is 1. The van der Waals surface area contributed by atoms with Crippen molar-refractivity contribution >= 4 is 23.8 Å². The first-order valence-corrected chi connectivity index (χ1v) is 9.57. The van der Waals surface area contributed by atoms with Gasteiger partial charge in [-0.15, -0.1) is 0 Å². The third-order valence-corrected chi connectivity index (χ3v) is 5.46. The Morgan fingerprint density at radius 3 is 2.46 bits per heavy atom. The Labute approximate surface area is 164 Å². The average Bonchev–Trinajstić information content (AvgIpc) is 3.27. The number of hydrogen-bond donors (Lipinski definition) is 2. The fraction of sp³-hybridized carbons (Fsp3) is 0.579. The van der Waals surface area contributed by atoms with Gasteiger partial charge in [-0.3, -0.25) is 19.3 Å². The lowest BCUT2D eigenvalue weighted by atomic mass is 9.85. The molecule has 5 amide bonds. The van der Waals surface area contributed by atoms with Crippen LogP contribution in [0.2, 0.25) is 0 Å². The topological polar surface area (TPSA) is 106 Å². The van der Waals surface area contributed by atoms with Gasteiger partial charge in [0.15, 0.2) is 0 Å². The maximum atomic E-state index is 13.2. The van der Waals surface area contributed by atoms with E-state index in [1.807, 2.05) is 13.8 Å². The number of piperidine rings is 1. The van der Waals surface area contributed by atoms with Gasteiger partial charge < -0.3 is 20.1 Å². The fourth-order valence-corrected chi connectivity index (χ4v) is 3.96. The molecule has 1 aromatic rings. The second-order valence-electron chi connectivity index (χ2n) is 7.76. The van der Waals surface area contributed by atoms with Gasteiger partial charge in [0.05, 0.1) is 0 Å². The lowest BCUT2D eigenvalue weighted by Crippen LogP contribution is -2.58. The first-order valence-electron chi connectivity index (χ1n) is 9.57. The summed E-state index contributed by atoms with van der Waals surface area (Å²) in [5.74, 6) is -0.669. The third-order valence-electron chi connectivity index (χ3n) is 5.46. The van der Waals surface area contributed by atoms with E-state index in [-0.39, 0.29) is 30.2 Å². The molecule has 2 aliphatic rings. The second-order valence-corrected chi connectivity index (χ2v) is 7.76. The SMILES string of the molecule is CNC(=O)CN1C(=O)N(CC(C)C)C2(CCN(C(=O)c3ccc[nH]3)CC2)C1=O. The molecule has 152 valence electrons. The normalized spacial score (nSPS) is 19.1. The number of amides is 5. The highest BCUT2D eigenvalue weighted by Gasteiger charge is 2.58. The highest BCUT2D eigenvalue weighted by Crippen LogP contribution is 2.38. The zero-order valence-corrected chi connectivity index (χ0v) is 16.5. The van der Waals surface area contributed by atoms with E-state index in [2.05, 4.69) is 10.3 Å². The molecule has 3 heterocycles. The van der Waals surface area contributed by atoms with Crippen LogP contribution in [0, 0.1) is 5.92 Å². The van der Waals surface area contributed by atoms with Gasteiger partial charge in [0.25, 0.3) is 11.8 Å². The van der Waals surface area contributed by atoms with Gasteiger partial charge >= 0.3 is 6.03 Å². The van der Waals surface area contributed by atoms with E-state index >= 15 is 0 Å². The van der Waals surface area contributed by atoms with Gasteiger partial charge in [0, 0.05) is 32.9 Å². The van der Waals surface area contributed by atoms with Gasteiger partial charge in [-0.25, -0.2) is 4.79 Å². The molecule has 1 spiro atoms. The van der Waals surface area contributed by atoms with Crippen molar-refractivity contribution in [1.82, 2.24) is 25.0 Å². The molecule has 9 heteroatoms. The molecule has 2 N–H and O–H groups in total. The smallest absolute Gasteiger partial charge is 0.328 e. The van der Waals surface area contributed by atoms with Crippen molar-refractivity contribution in [2.24, 2.45) is 5.92 Å². The molecule has 0 bridgehead atoms. The minimum Gasteiger partial charge on any atom is -0.358 e. The molecule has 0 unspecified atom stereocenters. The number of nitrogens with zero attached hydrogens (tertiary/aromatic N) is 3. The largest absolute Gasteiger partial charge is 0.358 e. The Balaban J connectivity index is 1.81. The Bertz CT molecular complexity index is 765. The number of aromatic amines is 1. The lowest BCUT2D eigenvalue weighted by molar-refractivity contribution is -0.138. The van der Waals surface area contributed by atoms with Crippen LogP contribution in [0.4, 0.5) is 4.79 Å². The highest BCUT2D eigenvalue weighted by atomic mass is 16.2. The summed E-state index contributed by atoms with van der Waals surface area (Å²) >= 11 is 0. The zero-order chi connectivity index (χ0) is 20.5. The molecule has 0 aliphatic carbocycles.